The fourth-order valence-corrected chi connectivity index (χ4v) is 1.29. The Bertz CT molecular complexity index is 394. The van der Waals surface area contributed by atoms with Gasteiger partial charge in [0, 0.05) is 11.6 Å². The van der Waals surface area contributed by atoms with E-state index in [0.717, 1.165) is 5.56 Å². The second-order valence-electron chi connectivity index (χ2n) is 3.64. The van der Waals surface area contributed by atoms with Crippen LogP contribution in [0.4, 0.5) is 0 Å². The molecule has 0 saturated carbocycles. The summed E-state index contributed by atoms with van der Waals surface area (Å²) in [6, 6.07) is 9.19. The number of carbonyl (C=O) groups excluding carboxylic acids is 1. The summed E-state index contributed by atoms with van der Waals surface area (Å²) in [7, 11) is 0. The zero-order valence-corrected chi connectivity index (χ0v) is 9.79. The fourth-order valence-electron chi connectivity index (χ4n) is 1.16. The first-order chi connectivity index (χ1) is 7.61. The van der Waals surface area contributed by atoms with Crippen LogP contribution in [0, 0.1) is 17.2 Å². The Hall–Kier alpha value is -1.53. The van der Waals surface area contributed by atoms with Crippen molar-refractivity contribution in [2.75, 3.05) is 6.54 Å². The van der Waals surface area contributed by atoms with Gasteiger partial charge in [-0.05, 0) is 24.6 Å². The number of benzene rings is 1. The Morgan fingerprint density at radius 1 is 1.50 bits per heavy atom. The van der Waals surface area contributed by atoms with Crippen LogP contribution >= 0.6 is 11.6 Å². The highest BCUT2D eigenvalue weighted by molar-refractivity contribution is 6.30. The van der Waals surface area contributed by atoms with Gasteiger partial charge < -0.3 is 5.32 Å². The van der Waals surface area contributed by atoms with Gasteiger partial charge in [0.05, 0.1) is 18.4 Å². The second-order valence-corrected chi connectivity index (χ2v) is 4.07. The largest absolute Gasteiger partial charge is 0.355 e. The minimum Gasteiger partial charge on any atom is -0.355 e. The van der Waals surface area contributed by atoms with Crippen LogP contribution in [-0.2, 0) is 11.2 Å². The molecule has 0 fully saturated rings. The molecule has 0 radical (unpaired) electrons. The van der Waals surface area contributed by atoms with E-state index in [1.165, 1.54) is 0 Å². The minimum absolute atomic E-state index is 0.0792. The standard InChI is InChI=1S/C12H13ClN2O/c1-9(7-14)8-15-12(16)6-10-2-4-11(13)5-3-10/h2-5,9H,6,8H2,1H3,(H,15,16). The van der Waals surface area contributed by atoms with Crippen molar-refractivity contribution in [2.24, 2.45) is 5.92 Å². The van der Waals surface area contributed by atoms with Gasteiger partial charge in [0.25, 0.3) is 0 Å². The van der Waals surface area contributed by atoms with E-state index in [2.05, 4.69) is 11.4 Å². The summed E-state index contributed by atoms with van der Waals surface area (Å²) < 4.78 is 0. The summed E-state index contributed by atoms with van der Waals surface area (Å²) in [5.74, 6) is -0.237. The van der Waals surface area contributed by atoms with Crippen molar-refractivity contribution >= 4 is 17.5 Å². The van der Waals surface area contributed by atoms with E-state index in [-0.39, 0.29) is 11.8 Å². The number of nitrogens with zero attached hydrogens (tertiary/aromatic N) is 1. The molecule has 3 nitrogen and oxygen atoms in total. The number of halogens is 1. The van der Waals surface area contributed by atoms with Gasteiger partial charge in [0.15, 0.2) is 0 Å². The summed E-state index contributed by atoms with van der Waals surface area (Å²) in [6.07, 6.45) is 0.315. The van der Waals surface area contributed by atoms with Crippen molar-refractivity contribution in [1.82, 2.24) is 5.32 Å². The molecular weight excluding hydrogens is 224 g/mol. The molecule has 0 saturated heterocycles. The topological polar surface area (TPSA) is 52.9 Å². The van der Waals surface area contributed by atoms with Crippen LogP contribution in [0.15, 0.2) is 24.3 Å². The molecule has 0 spiro atoms. The van der Waals surface area contributed by atoms with Crippen molar-refractivity contribution < 1.29 is 4.79 Å². The molecule has 1 aromatic carbocycles. The second kappa shape index (κ2) is 6.14. The lowest BCUT2D eigenvalue weighted by molar-refractivity contribution is -0.120. The van der Waals surface area contributed by atoms with Gasteiger partial charge >= 0.3 is 0 Å². The molecule has 1 atom stereocenters. The molecule has 0 bridgehead atoms. The summed E-state index contributed by atoms with van der Waals surface area (Å²) in [4.78, 5) is 11.5. The predicted octanol–water partition coefficient (Wildman–Crippen LogP) is 2.16. The highest BCUT2D eigenvalue weighted by Crippen LogP contribution is 2.09. The van der Waals surface area contributed by atoms with E-state index < -0.39 is 0 Å². The summed E-state index contributed by atoms with van der Waals surface area (Å²) in [5, 5.41) is 11.9. The molecule has 0 heterocycles. The Balaban J connectivity index is 2.40. The van der Waals surface area contributed by atoms with Crippen molar-refractivity contribution in [3.63, 3.8) is 0 Å². The number of nitrogens with one attached hydrogen (secondary N) is 1. The monoisotopic (exact) mass is 236 g/mol. The van der Waals surface area contributed by atoms with E-state index in [1.807, 2.05) is 12.1 Å². The van der Waals surface area contributed by atoms with Crippen molar-refractivity contribution in [3.8, 4) is 6.07 Å². The fraction of sp³-hybridized carbons (Fsp3) is 0.333. The average Bonchev–Trinajstić information content (AvgIpc) is 2.29. The van der Waals surface area contributed by atoms with Gasteiger partial charge in [0.2, 0.25) is 5.91 Å². The Morgan fingerprint density at radius 3 is 2.69 bits per heavy atom. The van der Waals surface area contributed by atoms with Crippen molar-refractivity contribution in [2.45, 2.75) is 13.3 Å². The molecule has 0 aliphatic heterocycles. The summed E-state index contributed by atoms with van der Waals surface area (Å²) >= 11 is 5.73. The summed E-state index contributed by atoms with van der Waals surface area (Å²) in [6.45, 7) is 2.16. The molecule has 0 aromatic heterocycles. The number of amides is 1. The highest BCUT2D eigenvalue weighted by atomic mass is 35.5. The van der Waals surface area contributed by atoms with Gasteiger partial charge in [-0.3, -0.25) is 4.79 Å². The predicted molar refractivity (Wildman–Crippen MR) is 62.9 cm³/mol. The number of carbonyl (C=O) groups is 1. The molecule has 1 amide bonds. The molecule has 1 rings (SSSR count). The smallest absolute Gasteiger partial charge is 0.224 e. The van der Waals surface area contributed by atoms with Gasteiger partial charge in [-0.15, -0.1) is 0 Å². The summed E-state index contributed by atoms with van der Waals surface area (Å²) in [5.41, 5.74) is 0.909. The first kappa shape index (κ1) is 12.5. The Kier molecular flexibility index (Phi) is 4.81. The van der Waals surface area contributed by atoms with Gasteiger partial charge in [-0.1, -0.05) is 23.7 Å². The van der Waals surface area contributed by atoms with E-state index >= 15 is 0 Å². The zero-order valence-electron chi connectivity index (χ0n) is 9.03. The molecule has 84 valence electrons. The third kappa shape index (κ3) is 4.33. The maximum absolute atomic E-state index is 11.5. The van der Waals surface area contributed by atoms with Gasteiger partial charge in [0.1, 0.15) is 0 Å². The molecule has 0 aliphatic carbocycles. The average molecular weight is 237 g/mol. The van der Waals surface area contributed by atoms with Gasteiger partial charge in [-0.2, -0.15) is 5.26 Å². The zero-order chi connectivity index (χ0) is 12.0. The third-order valence-corrected chi connectivity index (χ3v) is 2.36. The third-order valence-electron chi connectivity index (χ3n) is 2.10. The lowest BCUT2D eigenvalue weighted by Crippen LogP contribution is -2.29. The van der Waals surface area contributed by atoms with Crippen LogP contribution in [0.1, 0.15) is 12.5 Å². The first-order valence-electron chi connectivity index (χ1n) is 5.02. The molecule has 16 heavy (non-hydrogen) atoms. The molecule has 4 heteroatoms. The number of hydrogen-bond acceptors (Lipinski definition) is 2. The lowest BCUT2D eigenvalue weighted by atomic mass is 10.1. The van der Waals surface area contributed by atoms with Crippen LogP contribution in [0.2, 0.25) is 5.02 Å². The van der Waals surface area contributed by atoms with Crippen molar-refractivity contribution in [1.29, 1.82) is 5.26 Å². The molecule has 0 aliphatic rings. The first-order valence-corrected chi connectivity index (χ1v) is 5.40. The van der Waals surface area contributed by atoms with E-state index in [1.54, 1.807) is 19.1 Å². The normalized spacial score (nSPS) is 11.6. The quantitative estimate of drug-likeness (QED) is 0.871. The van der Waals surface area contributed by atoms with Crippen molar-refractivity contribution in [3.05, 3.63) is 34.9 Å². The number of nitriles is 1. The van der Waals surface area contributed by atoms with Crippen LogP contribution in [0.5, 0.6) is 0 Å². The molecular formula is C12H13ClN2O. The van der Waals surface area contributed by atoms with Gasteiger partial charge in [-0.25, -0.2) is 0 Å². The lowest BCUT2D eigenvalue weighted by Gasteiger charge is -2.06. The van der Waals surface area contributed by atoms with Crippen LogP contribution < -0.4 is 5.32 Å². The highest BCUT2D eigenvalue weighted by Gasteiger charge is 2.05. The van der Waals surface area contributed by atoms with Crippen LogP contribution in [0.25, 0.3) is 0 Å². The molecule has 1 unspecified atom stereocenters. The van der Waals surface area contributed by atoms with Crippen LogP contribution in [-0.4, -0.2) is 12.5 Å². The van der Waals surface area contributed by atoms with E-state index in [0.29, 0.717) is 18.0 Å². The Labute approximate surface area is 100 Å². The number of rotatable bonds is 4. The SMILES string of the molecule is CC(C#N)CNC(=O)Cc1ccc(Cl)cc1. The Morgan fingerprint density at radius 2 is 2.12 bits per heavy atom. The molecule has 1 aromatic rings. The minimum atomic E-state index is -0.158. The maximum atomic E-state index is 11.5. The van der Waals surface area contributed by atoms with E-state index in [9.17, 15) is 4.79 Å². The van der Waals surface area contributed by atoms with E-state index in [4.69, 9.17) is 16.9 Å². The maximum Gasteiger partial charge on any atom is 0.224 e. The number of hydrogen-bond donors (Lipinski definition) is 1. The van der Waals surface area contributed by atoms with Crippen LogP contribution in [0.3, 0.4) is 0 Å². The molecule has 1 N–H and O–H groups in total.